The molecule has 0 saturated heterocycles. The maximum absolute atomic E-state index is 10.5. The van der Waals surface area contributed by atoms with Gasteiger partial charge in [-0.2, -0.15) is 0 Å². The third-order valence-corrected chi connectivity index (χ3v) is 1.53. The van der Waals surface area contributed by atoms with E-state index in [-0.39, 0.29) is 16.8 Å². The fraction of sp³-hybridized carbons (Fsp3) is 0. The van der Waals surface area contributed by atoms with E-state index in [1.54, 1.807) is 0 Å². The minimum Gasteiger partial charge on any atom is -0.478 e. The first-order valence-corrected chi connectivity index (χ1v) is 3.36. The van der Waals surface area contributed by atoms with E-state index in [9.17, 15) is 14.9 Å². The quantitative estimate of drug-likeness (QED) is 0.552. The van der Waals surface area contributed by atoms with E-state index in [4.69, 9.17) is 5.11 Å². The molecule has 0 aliphatic carbocycles. The fourth-order valence-corrected chi connectivity index (χ4v) is 0.877. The predicted molar refractivity (Wildman–Crippen MR) is 44.5 cm³/mol. The van der Waals surface area contributed by atoms with Gasteiger partial charge >= 0.3 is 5.97 Å². The van der Waals surface area contributed by atoms with Crippen LogP contribution in [0.3, 0.4) is 0 Å². The highest BCUT2D eigenvalue weighted by Gasteiger charge is 2.12. The molecule has 0 aliphatic rings. The Balaban J connectivity index is 3.27. The number of aromatic carboxylic acids is 1. The lowest BCUT2D eigenvalue weighted by atomic mass is 10.1. The normalized spacial score (nSPS) is 9.62. The van der Waals surface area contributed by atoms with Crippen LogP contribution in [0.1, 0.15) is 15.9 Å². The zero-order chi connectivity index (χ0) is 10.0. The molecular weight excluding hydrogens is 174 g/mol. The van der Waals surface area contributed by atoms with Crippen LogP contribution in [0.15, 0.2) is 18.2 Å². The highest BCUT2D eigenvalue weighted by molar-refractivity contribution is 5.90. The van der Waals surface area contributed by atoms with Gasteiger partial charge in [0, 0.05) is 12.1 Å². The second-order valence-electron chi connectivity index (χ2n) is 2.40. The highest BCUT2D eigenvalue weighted by Crippen LogP contribution is 2.16. The molecule has 0 bridgehead atoms. The first-order valence-electron chi connectivity index (χ1n) is 3.36. The molecule has 1 aromatic carbocycles. The van der Waals surface area contributed by atoms with E-state index in [2.05, 4.69) is 6.92 Å². The van der Waals surface area contributed by atoms with Gasteiger partial charge in [0.2, 0.25) is 0 Å². The Bertz CT molecular complexity index is 372. The zero-order valence-corrected chi connectivity index (χ0v) is 6.56. The maximum Gasteiger partial charge on any atom is 0.336 e. The summed E-state index contributed by atoms with van der Waals surface area (Å²) in [4.78, 5) is 20.2. The molecule has 0 fully saturated rings. The first-order chi connectivity index (χ1) is 6.02. The van der Waals surface area contributed by atoms with Gasteiger partial charge in [0.25, 0.3) is 5.69 Å². The van der Waals surface area contributed by atoms with Crippen LogP contribution in [-0.4, -0.2) is 16.0 Å². The van der Waals surface area contributed by atoms with E-state index >= 15 is 0 Å². The molecule has 13 heavy (non-hydrogen) atoms. The number of carboxylic acid groups (broad SMARTS) is 1. The van der Waals surface area contributed by atoms with Crippen molar-refractivity contribution in [1.82, 2.24) is 0 Å². The minimum atomic E-state index is -1.21. The molecule has 5 nitrogen and oxygen atoms in total. The molecule has 1 radical (unpaired) electrons. The highest BCUT2D eigenvalue weighted by atomic mass is 16.6. The van der Waals surface area contributed by atoms with E-state index in [1.165, 1.54) is 12.1 Å². The smallest absolute Gasteiger partial charge is 0.336 e. The van der Waals surface area contributed by atoms with Gasteiger partial charge in [0.15, 0.2) is 0 Å². The van der Waals surface area contributed by atoms with Gasteiger partial charge in [0.1, 0.15) is 0 Å². The summed E-state index contributed by atoms with van der Waals surface area (Å²) in [5.41, 5.74) is -0.128. The third kappa shape index (κ3) is 1.81. The molecule has 0 saturated carbocycles. The van der Waals surface area contributed by atoms with E-state index in [0.29, 0.717) is 0 Å². The van der Waals surface area contributed by atoms with E-state index in [0.717, 1.165) is 6.07 Å². The van der Waals surface area contributed by atoms with Gasteiger partial charge in [0.05, 0.1) is 10.5 Å². The van der Waals surface area contributed by atoms with Gasteiger partial charge in [-0.1, -0.05) is 6.07 Å². The van der Waals surface area contributed by atoms with Crippen LogP contribution >= 0.6 is 0 Å². The Morgan fingerprint density at radius 3 is 2.62 bits per heavy atom. The Morgan fingerprint density at radius 2 is 2.15 bits per heavy atom. The number of nitro benzene ring substituents is 1. The zero-order valence-electron chi connectivity index (χ0n) is 6.56. The molecule has 0 atom stereocenters. The Kier molecular flexibility index (Phi) is 2.27. The Labute approximate surface area is 73.8 Å². The van der Waals surface area contributed by atoms with Gasteiger partial charge in [-0.15, -0.1) is 0 Å². The second kappa shape index (κ2) is 3.22. The van der Waals surface area contributed by atoms with Crippen LogP contribution in [0.5, 0.6) is 0 Å². The molecule has 1 N–H and O–H groups in total. The molecule has 0 heterocycles. The minimum absolute atomic E-state index is 0.144. The number of nitrogens with zero attached hydrogens (tertiary/aromatic N) is 1. The van der Waals surface area contributed by atoms with Crippen LogP contribution in [-0.2, 0) is 0 Å². The molecule has 0 unspecified atom stereocenters. The number of hydrogen-bond acceptors (Lipinski definition) is 3. The molecule has 5 heteroatoms. The van der Waals surface area contributed by atoms with Gasteiger partial charge in [-0.25, -0.2) is 4.79 Å². The molecule has 67 valence electrons. The van der Waals surface area contributed by atoms with Crippen molar-refractivity contribution >= 4 is 11.7 Å². The number of nitro groups is 1. The van der Waals surface area contributed by atoms with Crippen molar-refractivity contribution in [3.63, 3.8) is 0 Å². The SMILES string of the molecule is [CH2]c1ccc([N+](=O)[O-])cc1C(=O)O. The van der Waals surface area contributed by atoms with Crippen LogP contribution in [0.25, 0.3) is 0 Å². The summed E-state index contributed by atoms with van der Waals surface area (Å²) in [5, 5.41) is 18.9. The number of non-ortho nitro benzene ring substituents is 1. The summed E-state index contributed by atoms with van der Waals surface area (Å²) < 4.78 is 0. The van der Waals surface area contributed by atoms with Crippen LogP contribution in [0, 0.1) is 17.0 Å². The summed E-state index contributed by atoms with van der Waals surface area (Å²) in [5.74, 6) is -1.21. The molecule has 0 spiro atoms. The summed E-state index contributed by atoms with van der Waals surface area (Å²) in [6.07, 6.45) is 0. The molecule has 0 amide bonds. The van der Waals surface area contributed by atoms with E-state index < -0.39 is 10.9 Å². The van der Waals surface area contributed by atoms with Crippen molar-refractivity contribution < 1.29 is 14.8 Å². The fourth-order valence-electron chi connectivity index (χ4n) is 0.877. The topological polar surface area (TPSA) is 80.4 Å². The van der Waals surface area contributed by atoms with Gasteiger partial charge in [-0.3, -0.25) is 10.1 Å². The summed E-state index contributed by atoms with van der Waals surface area (Å²) in [6.45, 7) is 3.44. The number of hydrogen-bond donors (Lipinski definition) is 1. The average molecular weight is 180 g/mol. The van der Waals surface area contributed by atoms with Crippen molar-refractivity contribution in [3.8, 4) is 0 Å². The Hall–Kier alpha value is -1.91. The maximum atomic E-state index is 10.5. The predicted octanol–water partition coefficient (Wildman–Crippen LogP) is 1.48. The molecule has 1 aromatic rings. The van der Waals surface area contributed by atoms with Crippen molar-refractivity contribution in [1.29, 1.82) is 0 Å². The van der Waals surface area contributed by atoms with Crippen molar-refractivity contribution in [3.05, 3.63) is 46.4 Å². The van der Waals surface area contributed by atoms with Crippen LogP contribution in [0.4, 0.5) is 5.69 Å². The summed E-state index contributed by atoms with van der Waals surface area (Å²) in [6, 6.07) is 3.51. The lowest BCUT2D eigenvalue weighted by Crippen LogP contribution is -2.00. The number of carbonyl (C=O) groups is 1. The number of benzene rings is 1. The average Bonchev–Trinajstić information content (AvgIpc) is 2.04. The molecule has 0 aliphatic heterocycles. The summed E-state index contributed by atoms with van der Waals surface area (Å²) in [7, 11) is 0. The first kappa shape index (κ1) is 9.18. The molecule has 1 rings (SSSR count). The third-order valence-electron chi connectivity index (χ3n) is 1.53. The lowest BCUT2D eigenvalue weighted by Gasteiger charge is -1.98. The number of rotatable bonds is 2. The second-order valence-corrected chi connectivity index (χ2v) is 2.40. The largest absolute Gasteiger partial charge is 0.478 e. The van der Waals surface area contributed by atoms with Crippen molar-refractivity contribution in [2.75, 3.05) is 0 Å². The van der Waals surface area contributed by atoms with E-state index in [1.807, 2.05) is 0 Å². The van der Waals surface area contributed by atoms with Crippen LogP contribution < -0.4 is 0 Å². The number of carboxylic acids is 1. The van der Waals surface area contributed by atoms with Crippen molar-refractivity contribution in [2.24, 2.45) is 0 Å². The van der Waals surface area contributed by atoms with Gasteiger partial charge in [-0.05, 0) is 12.5 Å². The van der Waals surface area contributed by atoms with Crippen molar-refractivity contribution in [2.45, 2.75) is 0 Å². The monoisotopic (exact) mass is 180 g/mol. The van der Waals surface area contributed by atoms with Gasteiger partial charge < -0.3 is 5.11 Å². The Morgan fingerprint density at radius 1 is 1.54 bits per heavy atom. The summed E-state index contributed by atoms with van der Waals surface area (Å²) >= 11 is 0. The van der Waals surface area contributed by atoms with Crippen LogP contribution in [0.2, 0.25) is 0 Å². The molecule has 0 aromatic heterocycles. The molecular formula is C8H6NO4. The standard InChI is InChI=1S/C8H6NO4/c1-5-2-3-6(9(12)13)4-7(5)8(10)11/h2-4H,1H2,(H,10,11). The lowest BCUT2D eigenvalue weighted by molar-refractivity contribution is -0.384.